The highest BCUT2D eigenvalue weighted by Crippen LogP contribution is 2.41. The summed E-state index contributed by atoms with van der Waals surface area (Å²) < 4.78 is 10.7. The molecule has 24 heavy (non-hydrogen) atoms. The average molecular weight is 341 g/mol. The minimum Gasteiger partial charge on any atom is -0.454 e. The van der Waals surface area contributed by atoms with Gasteiger partial charge in [0.25, 0.3) is 5.91 Å². The highest BCUT2D eigenvalue weighted by Gasteiger charge is 2.32. The molecule has 1 atom stereocenters. The summed E-state index contributed by atoms with van der Waals surface area (Å²) in [6, 6.07) is 11.9. The van der Waals surface area contributed by atoms with E-state index in [1.165, 1.54) is 16.7 Å². The van der Waals surface area contributed by atoms with E-state index in [-0.39, 0.29) is 18.1 Å². The Morgan fingerprint density at radius 3 is 2.79 bits per heavy atom. The van der Waals surface area contributed by atoms with E-state index in [1.54, 1.807) is 6.07 Å². The standard InChI is InChI=1S/C19H19NO3S/c1-12-3-5-15(13(2)9-12)19-20(7-8-24-19)18(21)14-4-6-16-17(10-14)23-11-22-16/h3-6,9-10,19H,7-8,11H2,1-2H3. The van der Waals surface area contributed by atoms with Gasteiger partial charge in [-0.2, -0.15) is 0 Å². The number of ether oxygens (including phenoxy) is 2. The van der Waals surface area contributed by atoms with E-state index in [0.29, 0.717) is 17.1 Å². The van der Waals surface area contributed by atoms with Gasteiger partial charge >= 0.3 is 0 Å². The molecule has 0 N–H and O–H groups in total. The molecular weight excluding hydrogens is 322 g/mol. The van der Waals surface area contributed by atoms with Crippen molar-refractivity contribution in [2.45, 2.75) is 19.2 Å². The Labute approximate surface area is 145 Å². The maximum absolute atomic E-state index is 13.0. The molecule has 4 rings (SSSR count). The van der Waals surface area contributed by atoms with Gasteiger partial charge in [-0.05, 0) is 43.2 Å². The molecule has 2 aliphatic rings. The molecule has 1 unspecified atom stereocenters. The summed E-state index contributed by atoms with van der Waals surface area (Å²) >= 11 is 1.82. The maximum Gasteiger partial charge on any atom is 0.255 e. The molecule has 0 aliphatic carbocycles. The fraction of sp³-hybridized carbons (Fsp3) is 0.316. The second-order valence-corrected chi connectivity index (χ2v) is 7.34. The molecule has 2 aromatic rings. The van der Waals surface area contributed by atoms with Crippen LogP contribution in [-0.2, 0) is 0 Å². The van der Waals surface area contributed by atoms with Crippen molar-refractivity contribution >= 4 is 17.7 Å². The lowest BCUT2D eigenvalue weighted by atomic mass is 10.0. The van der Waals surface area contributed by atoms with Crippen molar-refractivity contribution in [3.8, 4) is 11.5 Å². The number of hydrogen-bond donors (Lipinski definition) is 0. The number of hydrogen-bond acceptors (Lipinski definition) is 4. The number of thioether (sulfide) groups is 1. The molecule has 1 amide bonds. The molecule has 2 heterocycles. The number of benzene rings is 2. The van der Waals surface area contributed by atoms with E-state index < -0.39 is 0 Å². The summed E-state index contributed by atoms with van der Waals surface area (Å²) in [5.74, 6) is 2.35. The number of rotatable bonds is 2. The molecule has 0 saturated carbocycles. The normalized spacial score (nSPS) is 18.9. The molecule has 0 spiro atoms. The minimum absolute atomic E-state index is 0.0447. The quantitative estimate of drug-likeness (QED) is 0.830. The van der Waals surface area contributed by atoms with Crippen LogP contribution in [0.1, 0.15) is 32.4 Å². The van der Waals surface area contributed by atoms with Crippen LogP contribution in [0.25, 0.3) is 0 Å². The van der Waals surface area contributed by atoms with Gasteiger partial charge in [0.05, 0.1) is 0 Å². The van der Waals surface area contributed by atoms with Gasteiger partial charge in [-0.1, -0.05) is 23.8 Å². The Morgan fingerprint density at radius 2 is 1.96 bits per heavy atom. The lowest BCUT2D eigenvalue weighted by molar-refractivity contribution is 0.0759. The number of carbonyl (C=O) groups is 1. The topological polar surface area (TPSA) is 38.8 Å². The summed E-state index contributed by atoms with van der Waals surface area (Å²) in [5.41, 5.74) is 4.35. The Hall–Kier alpha value is -2.14. The van der Waals surface area contributed by atoms with Gasteiger partial charge in [-0.25, -0.2) is 0 Å². The van der Waals surface area contributed by atoms with Crippen LogP contribution in [-0.4, -0.2) is 29.9 Å². The third-order valence-corrected chi connectivity index (χ3v) is 5.71. The fourth-order valence-electron chi connectivity index (χ4n) is 3.23. The van der Waals surface area contributed by atoms with E-state index in [0.717, 1.165) is 12.3 Å². The van der Waals surface area contributed by atoms with Crippen molar-refractivity contribution in [2.75, 3.05) is 19.1 Å². The molecule has 4 nitrogen and oxygen atoms in total. The lowest BCUT2D eigenvalue weighted by Crippen LogP contribution is -2.30. The van der Waals surface area contributed by atoms with Crippen LogP contribution in [0.3, 0.4) is 0 Å². The molecule has 124 valence electrons. The monoisotopic (exact) mass is 341 g/mol. The number of aryl methyl sites for hydroxylation is 2. The summed E-state index contributed by atoms with van der Waals surface area (Å²) in [7, 11) is 0. The first kappa shape index (κ1) is 15.4. The highest BCUT2D eigenvalue weighted by atomic mass is 32.2. The van der Waals surface area contributed by atoms with Crippen LogP contribution in [0.4, 0.5) is 0 Å². The van der Waals surface area contributed by atoms with Crippen LogP contribution in [0.5, 0.6) is 11.5 Å². The fourth-order valence-corrected chi connectivity index (χ4v) is 4.58. The van der Waals surface area contributed by atoms with E-state index >= 15 is 0 Å². The van der Waals surface area contributed by atoms with Gasteiger partial charge in [-0.3, -0.25) is 4.79 Å². The zero-order chi connectivity index (χ0) is 16.7. The minimum atomic E-state index is 0.0447. The van der Waals surface area contributed by atoms with Crippen LogP contribution < -0.4 is 9.47 Å². The van der Waals surface area contributed by atoms with Gasteiger partial charge in [-0.15, -0.1) is 11.8 Å². The van der Waals surface area contributed by atoms with Gasteiger partial charge in [0.15, 0.2) is 11.5 Å². The highest BCUT2D eigenvalue weighted by molar-refractivity contribution is 7.99. The second kappa shape index (κ2) is 6.06. The molecule has 1 saturated heterocycles. The maximum atomic E-state index is 13.0. The number of amides is 1. The first-order valence-electron chi connectivity index (χ1n) is 8.03. The van der Waals surface area contributed by atoms with E-state index in [1.807, 2.05) is 28.8 Å². The van der Waals surface area contributed by atoms with Crippen LogP contribution in [0, 0.1) is 13.8 Å². The third-order valence-electron chi connectivity index (χ3n) is 4.46. The van der Waals surface area contributed by atoms with Crippen LogP contribution >= 0.6 is 11.8 Å². The van der Waals surface area contributed by atoms with Crippen molar-refractivity contribution in [1.82, 2.24) is 4.90 Å². The first-order chi connectivity index (χ1) is 11.6. The molecule has 2 aliphatic heterocycles. The second-order valence-electron chi connectivity index (χ2n) is 6.15. The van der Waals surface area contributed by atoms with Crippen molar-refractivity contribution < 1.29 is 14.3 Å². The molecule has 0 bridgehead atoms. The Kier molecular flexibility index (Phi) is 3.88. The lowest BCUT2D eigenvalue weighted by Gasteiger charge is -2.25. The van der Waals surface area contributed by atoms with Gasteiger partial charge in [0.2, 0.25) is 6.79 Å². The van der Waals surface area contributed by atoms with Crippen molar-refractivity contribution in [1.29, 1.82) is 0 Å². The van der Waals surface area contributed by atoms with E-state index in [4.69, 9.17) is 9.47 Å². The van der Waals surface area contributed by atoms with E-state index in [2.05, 4.69) is 32.0 Å². The zero-order valence-corrected chi connectivity index (χ0v) is 14.6. The average Bonchev–Trinajstić information content (AvgIpc) is 3.22. The predicted octanol–water partition coefficient (Wildman–Crippen LogP) is 3.92. The number of nitrogens with zero attached hydrogens (tertiary/aromatic N) is 1. The van der Waals surface area contributed by atoms with E-state index in [9.17, 15) is 4.79 Å². The summed E-state index contributed by atoms with van der Waals surface area (Å²) in [6.07, 6.45) is 0. The van der Waals surface area contributed by atoms with Crippen LogP contribution in [0.2, 0.25) is 0 Å². The van der Waals surface area contributed by atoms with Crippen molar-refractivity contribution in [2.24, 2.45) is 0 Å². The van der Waals surface area contributed by atoms with Gasteiger partial charge < -0.3 is 14.4 Å². The summed E-state index contributed by atoms with van der Waals surface area (Å²) in [6.45, 7) is 5.19. The Balaban J connectivity index is 1.63. The number of carbonyl (C=O) groups excluding carboxylic acids is 1. The van der Waals surface area contributed by atoms with Gasteiger partial charge in [0, 0.05) is 17.9 Å². The Morgan fingerprint density at radius 1 is 1.12 bits per heavy atom. The Bertz CT molecular complexity index is 805. The summed E-state index contributed by atoms with van der Waals surface area (Å²) in [4.78, 5) is 15.0. The third kappa shape index (κ3) is 2.63. The smallest absolute Gasteiger partial charge is 0.255 e. The van der Waals surface area contributed by atoms with Crippen molar-refractivity contribution in [3.63, 3.8) is 0 Å². The van der Waals surface area contributed by atoms with Crippen molar-refractivity contribution in [3.05, 3.63) is 58.7 Å². The molecule has 5 heteroatoms. The number of fused-ring (bicyclic) bond motifs is 1. The molecule has 0 radical (unpaired) electrons. The molecule has 2 aromatic carbocycles. The largest absolute Gasteiger partial charge is 0.454 e. The summed E-state index contributed by atoms with van der Waals surface area (Å²) in [5, 5.41) is 0.0727. The molecule has 1 fully saturated rings. The predicted molar refractivity (Wildman–Crippen MR) is 94.7 cm³/mol. The molecule has 0 aromatic heterocycles. The van der Waals surface area contributed by atoms with Crippen LogP contribution in [0.15, 0.2) is 36.4 Å². The SMILES string of the molecule is Cc1ccc(C2SCCN2C(=O)c2ccc3c(c2)OCO3)c(C)c1. The molecular formula is C19H19NO3S. The first-order valence-corrected chi connectivity index (χ1v) is 9.08. The zero-order valence-electron chi connectivity index (χ0n) is 13.7. The van der Waals surface area contributed by atoms with Gasteiger partial charge in [0.1, 0.15) is 5.37 Å².